The Morgan fingerprint density at radius 1 is 1.14 bits per heavy atom. The second-order valence-electron chi connectivity index (χ2n) is 8.63. The summed E-state index contributed by atoms with van der Waals surface area (Å²) in [7, 11) is 0. The molecule has 0 aliphatic carbocycles. The highest BCUT2D eigenvalue weighted by atomic mass is 16.5. The maximum atomic E-state index is 12.9. The van der Waals surface area contributed by atoms with Gasteiger partial charge in [0.2, 0.25) is 0 Å². The maximum Gasteiger partial charge on any atom is 0.261 e. The molecule has 0 fully saturated rings. The van der Waals surface area contributed by atoms with Crippen molar-refractivity contribution in [2.24, 2.45) is 0 Å². The summed E-state index contributed by atoms with van der Waals surface area (Å²) in [6.45, 7) is 14.1. The van der Waals surface area contributed by atoms with Crippen LogP contribution in [0.25, 0.3) is 0 Å². The SMILES string of the molecule is Cc1cc(C)c(C)c(O[C@H](C)C(=O)N[C@H]2CC(C)(C)Oc3ccc(C)cc32)c1. The van der Waals surface area contributed by atoms with E-state index in [2.05, 4.69) is 24.4 Å². The third-order valence-electron chi connectivity index (χ3n) is 5.38. The largest absolute Gasteiger partial charge is 0.487 e. The third kappa shape index (κ3) is 4.32. The van der Waals surface area contributed by atoms with Gasteiger partial charge in [-0.25, -0.2) is 0 Å². The van der Waals surface area contributed by atoms with Crippen molar-refractivity contribution < 1.29 is 14.3 Å². The van der Waals surface area contributed by atoms with E-state index in [1.165, 1.54) is 0 Å². The van der Waals surface area contributed by atoms with E-state index in [-0.39, 0.29) is 17.6 Å². The molecule has 1 heterocycles. The summed E-state index contributed by atoms with van der Waals surface area (Å²) in [5, 5.41) is 3.18. The Morgan fingerprint density at radius 3 is 2.57 bits per heavy atom. The van der Waals surface area contributed by atoms with Gasteiger partial charge in [-0.15, -0.1) is 0 Å². The van der Waals surface area contributed by atoms with Gasteiger partial charge in [0.1, 0.15) is 17.1 Å². The molecule has 0 saturated heterocycles. The molecule has 4 heteroatoms. The standard InChI is InChI=1S/C24H31NO3/c1-14-8-9-21-19(11-14)20(13-24(6,7)28-21)25-23(26)18(5)27-22-12-15(2)10-16(3)17(22)4/h8-12,18,20H,13H2,1-7H3,(H,25,26)/t18-,20+/m1/s1. The topological polar surface area (TPSA) is 47.6 Å². The molecular weight excluding hydrogens is 350 g/mol. The summed E-state index contributed by atoms with van der Waals surface area (Å²) >= 11 is 0. The summed E-state index contributed by atoms with van der Waals surface area (Å²) in [6.07, 6.45) is 0.129. The fraction of sp³-hybridized carbons (Fsp3) is 0.458. The molecule has 2 aromatic carbocycles. The van der Waals surface area contributed by atoms with Gasteiger partial charge in [-0.1, -0.05) is 23.8 Å². The lowest BCUT2D eigenvalue weighted by atomic mass is 9.89. The number of nitrogens with one attached hydrogen (secondary N) is 1. The number of carbonyl (C=O) groups excluding carboxylic acids is 1. The minimum Gasteiger partial charge on any atom is -0.487 e. The first-order valence-corrected chi connectivity index (χ1v) is 9.90. The second-order valence-corrected chi connectivity index (χ2v) is 8.63. The molecule has 0 spiro atoms. The van der Waals surface area contributed by atoms with E-state index in [9.17, 15) is 4.79 Å². The van der Waals surface area contributed by atoms with Crippen molar-refractivity contribution in [1.82, 2.24) is 5.32 Å². The van der Waals surface area contributed by atoms with Gasteiger partial charge in [0, 0.05) is 12.0 Å². The third-order valence-corrected chi connectivity index (χ3v) is 5.38. The second kappa shape index (κ2) is 7.50. The molecule has 1 amide bonds. The maximum absolute atomic E-state index is 12.9. The first kappa shape index (κ1) is 20.2. The Labute approximate surface area is 168 Å². The van der Waals surface area contributed by atoms with E-state index in [1.807, 2.05) is 52.8 Å². The normalized spacial score (nSPS) is 18.6. The molecule has 4 nitrogen and oxygen atoms in total. The van der Waals surface area contributed by atoms with Gasteiger partial charge in [0.15, 0.2) is 6.10 Å². The first-order valence-electron chi connectivity index (χ1n) is 9.90. The van der Waals surface area contributed by atoms with Gasteiger partial charge in [-0.05, 0) is 77.3 Å². The van der Waals surface area contributed by atoms with Crippen LogP contribution in [-0.4, -0.2) is 17.6 Å². The number of ether oxygens (including phenoxy) is 2. The molecule has 2 atom stereocenters. The Kier molecular flexibility index (Phi) is 5.42. The number of rotatable bonds is 4. The number of carbonyl (C=O) groups is 1. The average Bonchev–Trinajstić information content (AvgIpc) is 2.59. The van der Waals surface area contributed by atoms with Crippen molar-refractivity contribution in [2.75, 3.05) is 0 Å². The highest BCUT2D eigenvalue weighted by molar-refractivity contribution is 5.81. The minimum atomic E-state index is -0.584. The molecular formula is C24H31NO3. The molecule has 1 N–H and O–H groups in total. The average molecular weight is 382 g/mol. The van der Waals surface area contributed by atoms with E-state index in [1.54, 1.807) is 6.92 Å². The quantitative estimate of drug-likeness (QED) is 0.801. The highest BCUT2D eigenvalue weighted by Crippen LogP contribution is 2.40. The molecule has 1 aliphatic heterocycles. The summed E-state index contributed by atoms with van der Waals surface area (Å²) < 4.78 is 12.1. The van der Waals surface area contributed by atoms with Gasteiger partial charge in [-0.3, -0.25) is 4.79 Å². The minimum absolute atomic E-state index is 0.0995. The number of aryl methyl sites for hydroxylation is 3. The van der Waals surface area contributed by atoms with Crippen molar-refractivity contribution in [2.45, 2.75) is 72.6 Å². The Balaban J connectivity index is 1.78. The van der Waals surface area contributed by atoms with Crippen molar-refractivity contribution in [3.8, 4) is 11.5 Å². The van der Waals surface area contributed by atoms with Crippen molar-refractivity contribution in [3.05, 3.63) is 58.1 Å². The fourth-order valence-electron chi connectivity index (χ4n) is 3.76. The molecule has 0 saturated carbocycles. The van der Waals surface area contributed by atoms with Crippen LogP contribution < -0.4 is 14.8 Å². The number of amides is 1. The molecule has 3 rings (SSSR count). The van der Waals surface area contributed by atoms with E-state index < -0.39 is 6.10 Å². The molecule has 2 aromatic rings. The van der Waals surface area contributed by atoms with Crippen molar-refractivity contribution in [3.63, 3.8) is 0 Å². The Morgan fingerprint density at radius 2 is 1.86 bits per heavy atom. The first-order chi connectivity index (χ1) is 13.1. The molecule has 28 heavy (non-hydrogen) atoms. The predicted molar refractivity (Wildman–Crippen MR) is 112 cm³/mol. The summed E-state index contributed by atoms with van der Waals surface area (Å²) in [6, 6.07) is 10.1. The van der Waals surface area contributed by atoms with Crippen LogP contribution in [0.2, 0.25) is 0 Å². The fourth-order valence-corrected chi connectivity index (χ4v) is 3.76. The van der Waals surface area contributed by atoms with Gasteiger partial charge in [-0.2, -0.15) is 0 Å². The van der Waals surface area contributed by atoms with Crippen LogP contribution in [0.3, 0.4) is 0 Å². The van der Waals surface area contributed by atoms with Crippen LogP contribution in [-0.2, 0) is 4.79 Å². The van der Waals surface area contributed by atoms with E-state index in [0.717, 1.165) is 39.3 Å². The molecule has 150 valence electrons. The number of hydrogen-bond acceptors (Lipinski definition) is 3. The van der Waals surface area contributed by atoms with Crippen LogP contribution in [0.1, 0.15) is 61.1 Å². The zero-order valence-electron chi connectivity index (χ0n) is 18.0. The number of benzene rings is 2. The zero-order chi connectivity index (χ0) is 20.6. The van der Waals surface area contributed by atoms with E-state index >= 15 is 0 Å². The summed E-state index contributed by atoms with van der Waals surface area (Å²) in [5.41, 5.74) is 5.20. The van der Waals surface area contributed by atoms with Crippen LogP contribution >= 0.6 is 0 Å². The van der Waals surface area contributed by atoms with Gasteiger partial charge in [0.05, 0.1) is 6.04 Å². The predicted octanol–water partition coefficient (Wildman–Crippen LogP) is 5.11. The van der Waals surface area contributed by atoms with Crippen LogP contribution in [0, 0.1) is 27.7 Å². The lowest BCUT2D eigenvalue weighted by Gasteiger charge is -2.38. The lowest BCUT2D eigenvalue weighted by Crippen LogP contribution is -2.44. The van der Waals surface area contributed by atoms with Crippen LogP contribution in [0.15, 0.2) is 30.3 Å². The zero-order valence-corrected chi connectivity index (χ0v) is 18.0. The van der Waals surface area contributed by atoms with Crippen molar-refractivity contribution in [1.29, 1.82) is 0 Å². The number of fused-ring (bicyclic) bond motifs is 1. The smallest absolute Gasteiger partial charge is 0.261 e. The van der Waals surface area contributed by atoms with Gasteiger partial charge >= 0.3 is 0 Å². The Bertz CT molecular complexity index is 901. The highest BCUT2D eigenvalue weighted by Gasteiger charge is 2.35. The number of hydrogen-bond donors (Lipinski definition) is 1. The van der Waals surface area contributed by atoms with E-state index in [0.29, 0.717) is 6.42 Å². The van der Waals surface area contributed by atoms with Crippen LogP contribution in [0.4, 0.5) is 0 Å². The van der Waals surface area contributed by atoms with Gasteiger partial charge in [0.25, 0.3) is 5.91 Å². The monoisotopic (exact) mass is 381 g/mol. The van der Waals surface area contributed by atoms with Crippen LogP contribution in [0.5, 0.6) is 11.5 Å². The molecule has 0 bridgehead atoms. The molecule has 1 aliphatic rings. The lowest BCUT2D eigenvalue weighted by molar-refractivity contribution is -0.128. The summed E-state index contributed by atoms with van der Waals surface area (Å²) in [4.78, 5) is 12.9. The Hall–Kier alpha value is -2.49. The molecule has 0 unspecified atom stereocenters. The van der Waals surface area contributed by atoms with Gasteiger partial charge < -0.3 is 14.8 Å². The summed E-state index contributed by atoms with van der Waals surface area (Å²) in [5.74, 6) is 1.49. The molecule has 0 aromatic heterocycles. The molecule has 0 radical (unpaired) electrons. The van der Waals surface area contributed by atoms with E-state index in [4.69, 9.17) is 9.47 Å². The van der Waals surface area contributed by atoms with Crippen molar-refractivity contribution >= 4 is 5.91 Å².